The van der Waals surface area contributed by atoms with E-state index in [9.17, 15) is 0 Å². The van der Waals surface area contributed by atoms with Gasteiger partial charge in [0, 0.05) is 29.6 Å². The number of nitrogens with one attached hydrogen (secondary N) is 1. The zero-order chi connectivity index (χ0) is 13.9. The highest BCUT2D eigenvalue weighted by atomic mass is 79.9. The number of pyridine rings is 2. The molecule has 0 radical (unpaired) electrons. The zero-order valence-electron chi connectivity index (χ0n) is 11.0. The lowest BCUT2D eigenvalue weighted by molar-refractivity contribution is 0.541. The molecule has 3 heterocycles. The van der Waals surface area contributed by atoms with Crippen LogP contribution in [0.2, 0.25) is 0 Å². The maximum absolute atomic E-state index is 4.25. The Hall–Kier alpha value is -1.79. The minimum Gasteiger partial charge on any atom is -0.303 e. The van der Waals surface area contributed by atoms with Crippen LogP contribution in [0, 0.1) is 0 Å². The van der Waals surface area contributed by atoms with Crippen LogP contribution >= 0.6 is 15.9 Å². The molecule has 0 aliphatic heterocycles. The molecule has 3 aromatic heterocycles. The van der Waals surface area contributed by atoms with E-state index in [0.717, 1.165) is 28.1 Å². The normalized spacial score (nSPS) is 12.7. The number of hydrogen-bond donors (Lipinski definition) is 1. The van der Waals surface area contributed by atoms with Gasteiger partial charge in [-0.05, 0) is 46.6 Å². The van der Waals surface area contributed by atoms with Gasteiger partial charge in [0.15, 0.2) is 11.5 Å². The first kappa shape index (κ1) is 13.2. The molecule has 0 aliphatic rings. The predicted molar refractivity (Wildman–Crippen MR) is 80.2 cm³/mol. The van der Waals surface area contributed by atoms with Gasteiger partial charge in [0.1, 0.15) is 0 Å². The summed E-state index contributed by atoms with van der Waals surface area (Å²) in [5.41, 5.74) is 1.99. The van der Waals surface area contributed by atoms with Crippen LogP contribution in [0.5, 0.6) is 0 Å². The molecule has 6 heteroatoms. The van der Waals surface area contributed by atoms with Crippen molar-refractivity contribution in [2.45, 2.75) is 19.5 Å². The fourth-order valence-corrected chi connectivity index (χ4v) is 2.48. The van der Waals surface area contributed by atoms with Gasteiger partial charge in [-0.15, -0.1) is 10.2 Å². The summed E-state index contributed by atoms with van der Waals surface area (Å²) in [5.74, 6) is 0.906. The third-order valence-corrected chi connectivity index (χ3v) is 3.53. The Morgan fingerprint density at radius 1 is 1.30 bits per heavy atom. The monoisotopic (exact) mass is 331 g/mol. The van der Waals surface area contributed by atoms with Crippen LogP contribution < -0.4 is 5.32 Å². The van der Waals surface area contributed by atoms with Crippen molar-refractivity contribution in [3.05, 3.63) is 58.7 Å². The van der Waals surface area contributed by atoms with E-state index in [4.69, 9.17) is 0 Å². The minimum atomic E-state index is 0.103. The summed E-state index contributed by atoms with van der Waals surface area (Å²) in [4.78, 5) is 4.15. The third-order valence-electron chi connectivity index (χ3n) is 3.10. The molecule has 102 valence electrons. The largest absolute Gasteiger partial charge is 0.303 e. The van der Waals surface area contributed by atoms with Crippen LogP contribution in [0.1, 0.15) is 24.4 Å². The van der Waals surface area contributed by atoms with E-state index >= 15 is 0 Å². The Bertz CT molecular complexity index is 724. The fraction of sp³-hybridized carbons (Fsp3) is 0.214. The standard InChI is InChI=1S/C14H14BrN5/c1-10(17-8-11-6-12(15)9-16-7-11)14-19-18-13-4-2-3-5-20(13)14/h2-7,9-10,17H,8H2,1H3. The van der Waals surface area contributed by atoms with E-state index in [2.05, 4.69) is 49.4 Å². The molecule has 3 aromatic rings. The van der Waals surface area contributed by atoms with Gasteiger partial charge >= 0.3 is 0 Å². The van der Waals surface area contributed by atoms with Crippen LogP contribution in [-0.4, -0.2) is 19.6 Å². The maximum atomic E-state index is 4.25. The zero-order valence-corrected chi connectivity index (χ0v) is 12.6. The van der Waals surface area contributed by atoms with Crippen LogP contribution in [0.4, 0.5) is 0 Å². The average Bonchev–Trinajstić information content (AvgIpc) is 2.89. The van der Waals surface area contributed by atoms with Gasteiger partial charge in [0.05, 0.1) is 6.04 Å². The van der Waals surface area contributed by atoms with Gasteiger partial charge in [0.2, 0.25) is 0 Å². The first-order chi connectivity index (χ1) is 9.74. The molecule has 3 rings (SSSR count). The third kappa shape index (κ3) is 2.71. The highest BCUT2D eigenvalue weighted by Crippen LogP contribution is 2.14. The topological polar surface area (TPSA) is 55.1 Å². The summed E-state index contributed by atoms with van der Waals surface area (Å²) in [5, 5.41) is 11.8. The van der Waals surface area contributed by atoms with E-state index in [-0.39, 0.29) is 6.04 Å². The summed E-state index contributed by atoms with van der Waals surface area (Å²) in [6.07, 6.45) is 5.61. The number of aromatic nitrogens is 4. The molecular weight excluding hydrogens is 318 g/mol. The number of fused-ring (bicyclic) bond motifs is 1. The van der Waals surface area contributed by atoms with Crippen molar-refractivity contribution in [3.8, 4) is 0 Å². The molecule has 1 N–H and O–H groups in total. The molecule has 0 saturated heterocycles. The van der Waals surface area contributed by atoms with Crippen LogP contribution in [-0.2, 0) is 6.54 Å². The highest BCUT2D eigenvalue weighted by molar-refractivity contribution is 9.10. The summed E-state index contributed by atoms with van der Waals surface area (Å²) in [6.45, 7) is 2.81. The number of hydrogen-bond acceptors (Lipinski definition) is 4. The van der Waals surface area contributed by atoms with Crippen molar-refractivity contribution in [2.24, 2.45) is 0 Å². The number of nitrogens with zero attached hydrogens (tertiary/aromatic N) is 4. The van der Waals surface area contributed by atoms with E-state index in [1.807, 2.05) is 35.0 Å². The lowest BCUT2D eigenvalue weighted by atomic mass is 10.2. The van der Waals surface area contributed by atoms with Gasteiger partial charge in [-0.1, -0.05) is 6.07 Å². The molecule has 0 aliphatic carbocycles. The van der Waals surface area contributed by atoms with Crippen molar-refractivity contribution >= 4 is 21.6 Å². The molecule has 0 fully saturated rings. The van der Waals surface area contributed by atoms with Crippen LogP contribution in [0.3, 0.4) is 0 Å². The first-order valence-corrected chi connectivity index (χ1v) is 7.16. The fourth-order valence-electron chi connectivity index (χ4n) is 2.07. The van der Waals surface area contributed by atoms with Gasteiger partial charge < -0.3 is 5.32 Å². The second-order valence-electron chi connectivity index (χ2n) is 4.60. The van der Waals surface area contributed by atoms with Gasteiger partial charge in [-0.2, -0.15) is 0 Å². The maximum Gasteiger partial charge on any atom is 0.160 e. The van der Waals surface area contributed by atoms with E-state index in [1.54, 1.807) is 6.20 Å². The first-order valence-electron chi connectivity index (χ1n) is 6.36. The van der Waals surface area contributed by atoms with E-state index in [0.29, 0.717) is 0 Å². The average molecular weight is 332 g/mol. The Morgan fingerprint density at radius 2 is 2.20 bits per heavy atom. The van der Waals surface area contributed by atoms with Gasteiger partial charge in [-0.3, -0.25) is 9.38 Å². The van der Waals surface area contributed by atoms with Crippen molar-refractivity contribution in [2.75, 3.05) is 0 Å². The minimum absolute atomic E-state index is 0.103. The van der Waals surface area contributed by atoms with Crippen LogP contribution in [0.15, 0.2) is 47.3 Å². The predicted octanol–water partition coefficient (Wildman–Crippen LogP) is 2.74. The molecule has 1 unspecified atom stereocenters. The summed E-state index contributed by atoms with van der Waals surface area (Å²) in [6, 6.07) is 8.03. The quantitative estimate of drug-likeness (QED) is 0.798. The van der Waals surface area contributed by atoms with Crippen molar-refractivity contribution < 1.29 is 0 Å². The highest BCUT2D eigenvalue weighted by Gasteiger charge is 2.12. The Labute approximate surface area is 125 Å². The molecule has 0 bridgehead atoms. The van der Waals surface area contributed by atoms with Gasteiger partial charge in [0.25, 0.3) is 0 Å². The molecule has 0 aromatic carbocycles. The molecule has 0 amide bonds. The molecule has 0 spiro atoms. The molecule has 20 heavy (non-hydrogen) atoms. The van der Waals surface area contributed by atoms with E-state index in [1.165, 1.54) is 0 Å². The van der Waals surface area contributed by atoms with Crippen molar-refractivity contribution in [1.82, 2.24) is 24.9 Å². The Morgan fingerprint density at radius 3 is 3.05 bits per heavy atom. The Kier molecular flexibility index (Phi) is 3.75. The van der Waals surface area contributed by atoms with E-state index < -0.39 is 0 Å². The van der Waals surface area contributed by atoms with Gasteiger partial charge in [-0.25, -0.2) is 0 Å². The Balaban J connectivity index is 1.75. The van der Waals surface area contributed by atoms with Crippen LogP contribution in [0.25, 0.3) is 5.65 Å². The van der Waals surface area contributed by atoms with Crippen molar-refractivity contribution in [3.63, 3.8) is 0 Å². The summed E-state index contributed by atoms with van der Waals surface area (Å²) >= 11 is 3.42. The summed E-state index contributed by atoms with van der Waals surface area (Å²) in [7, 11) is 0. The SMILES string of the molecule is CC(NCc1cncc(Br)c1)c1nnc2ccccn12. The number of halogens is 1. The molecular formula is C14H14BrN5. The molecule has 1 atom stereocenters. The smallest absolute Gasteiger partial charge is 0.160 e. The lowest BCUT2D eigenvalue weighted by Gasteiger charge is -2.12. The van der Waals surface area contributed by atoms with Crippen molar-refractivity contribution in [1.29, 1.82) is 0 Å². The second-order valence-corrected chi connectivity index (χ2v) is 5.52. The lowest BCUT2D eigenvalue weighted by Crippen LogP contribution is -2.20. The number of rotatable bonds is 4. The molecule has 5 nitrogen and oxygen atoms in total. The second kappa shape index (κ2) is 5.68. The summed E-state index contributed by atoms with van der Waals surface area (Å²) < 4.78 is 2.98. The molecule has 0 saturated carbocycles.